The molecule has 0 aliphatic heterocycles. The van der Waals surface area contributed by atoms with Crippen LogP contribution in [0.4, 0.5) is 11.6 Å². The van der Waals surface area contributed by atoms with Gasteiger partial charge in [-0.25, -0.2) is 15.0 Å². The fourth-order valence-corrected chi connectivity index (χ4v) is 2.39. The van der Waals surface area contributed by atoms with Crippen LogP contribution in [0.3, 0.4) is 0 Å². The first-order chi connectivity index (χ1) is 9.60. The van der Waals surface area contributed by atoms with E-state index >= 15 is 0 Å². The predicted octanol–water partition coefficient (Wildman–Crippen LogP) is 1.42. The van der Waals surface area contributed by atoms with E-state index in [4.69, 9.17) is 5.73 Å². The molecular formula is C12H16N6OS. The molecule has 2 aromatic heterocycles. The number of nitrogens with two attached hydrogens (primary N) is 1. The van der Waals surface area contributed by atoms with Crippen LogP contribution in [0.15, 0.2) is 27.4 Å². The van der Waals surface area contributed by atoms with Crippen LogP contribution in [0.25, 0.3) is 0 Å². The number of nitrogens with one attached hydrogen (secondary N) is 2. The Labute approximate surface area is 120 Å². The normalized spacial score (nSPS) is 10.5. The van der Waals surface area contributed by atoms with Gasteiger partial charge in [0.1, 0.15) is 23.0 Å². The van der Waals surface area contributed by atoms with Crippen molar-refractivity contribution in [3.05, 3.63) is 28.3 Å². The van der Waals surface area contributed by atoms with Crippen molar-refractivity contribution in [2.24, 2.45) is 0 Å². The van der Waals surface area contributed by atoms with Crippen molar-refractivity contribution in [3.8, 4) is 0 Å². The Kier molecular flexibility index (Phi) is 4.57. The van der Waals surface area contributed by atoms with Gasteiger partial charge >= 0.3 is 0 Å². The Morgan fingerprint density at radius 1 is 1.45 bits per heavy atom. The molecule has 0 bridgehead atoms. The first-order valence-corrected chi connectivity index (χ1v) is 7.02. The molecule has 0 aliphatic rings. The fraction of sp³-hybridized carbons (Fsp3) is 0.333. The molecular weight excluding hydrogens is 276 g/mol. The number of aromatic amines is 1. The Hall–Kier alpha value is -2.09. The first kappa shape index (κ1) is 14.3. The van der Waals surface area contributed by atoms with Crippen molar-refractivity contribution < 1.29 is 0 Å². The Bertz CT molecular complexity index is 657. The number of nitrogen functional groups attached to an aromatic ring is 1. The number of hydrogen-bond donors (Lipinski definition) is 3. The highest BCUT2D eigenvalue weighted by atomic mass is 32.2. The van der Waals surface area contributed by atoms with Crippen LogP contribution in [0.1, 0.15) is 18.9 Å². The van der Waals surface area contributed by atoms with Crippen LogP contribution >= 0.6 is 11.8 Å². The zero-order valence-corrected chi connectivity index (χ0v) is 12.1. The number of H-pyrrole nitrogens is 1. The smallest absolute Gasteiger partial charge is 0.253 e. The maximum absolute atomic E-state index is 11.4. The number of hydrogen-bond acceptors (Lipinski definition) is 7. The molecule has 2 aromatic rings. The Morgan fingerprint density at radius 3 is 2.95 bits per heavy atom. The zero-order chi connectivity index (χ0) is 14.5. The van der Waals surface area contributed by atoms with Gasteiger partial charge in [0.25, 0.3) is 5.56 Å². The van der Waals surface area contributed by atoms with Crippen molar-refractivity contribution in [2.75, 3.05) is 17.6 Å². The summed E-state index contributed by atoms with van der Waals surface area (Å²) in [5, 5.41) is 4.37. The van der Waals surface area contributed by atoms with Crippen molar-refractivity contribution in [1.82, 2.24) is 19.9 Å². The number of anilines is 2. The van der Waals surface area contributed by atoms with Gasteiger partial charge in [-0.2, -0.15) is 0 Å². The third kappa shape index (κ3) is 3.47. The van der Waals surface area contributed by atoms with Crippen molar-refractivity contribution >= 4 is 23.4 Å². The molecule has 2 rings (SSSR count). The molecule has 0 fully saturated rings. The van der Waals surface area contributed by atoms with E-state index in [0.29, 0.717) is 5.16 Å². The summed E-state index contributed by atoms with van der Waals surface area (Å²) in [6.45, 7) is 4.85. The first-order valence-electron chi connectivity index (χ1n) is 6.20. The van der Waals surface area contributed by atoms with Gasteiger partial charge < -0.3 is 16.0 Å². The van der Waals surface area contributed by atoms with Gasteiger partial charge in [-0.05, 0) is 25.1 Å². The average Bonchev–Trinajstić information content (AvgIpc) is 2.38. The SMILES string of the molecule is CCCNc1ncnc(Sc2nc(N)cc(=O)[nH]2)c1C. The topological polar surface area (TPSA) is 110 Å². The summed E-state index contributed by atoms with van der Waals surface area (Å²) in [5.74, 6) is 0.975. The minimum absolute atomic E-state index is 0.187. The lowest BCUT2D eigenvalue weighted by molar-refractivity contribution is 0.920. The molecule has 20 heavy (non-hydrogen) atoms. The molecule has 0 aromatic carbocycles. The van der Waals surface area contributed by atoms with Gasteiger partial charge in [0.2, 0.25) is 0 Å². The molecule has 0 aliphatic carbocycles. The third-order valence-corrected chi connectivity index (χ3v) is 3.51. The second kappa shape index (κ2) is 6.38. The van der Waals surface area contributed by atoms with E-state index < -0.39 is 0 Å². The lowest BCUT2D eigenvalue weighted by atomic mass is 10.3. The Morgan fingerprint density at radius 2 is 2.25 bits per heavy atom. The van der Waals surface area contributed by atoms with Gasteiger partial charge in [-0.3, -0.25) is 4.79 Å². The molecule has 0 saturated heterocycles. The van der Waals surface area contributed by atoms with Crippen molar-refractivity contribution in [3.63, 3.8) is 0 Å². The summed E-state index contributed by atoms with van der Waals surface area (Å²) in [7, 11) is 0. The van der Waals surface area contributed by atoms with E-state index in [1.54, 1.807) is 0 Å². The van der Waals surface area contributed by atoms with E-state index in [2.05, 4.69) is 32.2 Å². The van der Waals surface area contributed by atoms with Gasteiger partial charge in [-0.1, -0.05) is 6.92 Å². The maximum atomic E-state index is 11.4. The van der Waals surface area contributed by atoms with E-state index in [1.165, 1.54) is 24.2 Å². The Balaban J connectivity index is 2.27. The zero-order valence-electron chi connectivity index (χ0n) is 11.3. The standard InChI is InChI=1S/C12H16N6OS/c1-3-4-14-10-7(2)11(16-6-15-10)20-12-17-8(13)5-9(19)18-12/h5-6H,3-4H2,1-2H3,(H,14,15,16)(H3,13,17,18,19). The highest BCUT2D eigenvalue weighted by Crippen LogP contribution is 2.27. The summed E-state index contributed by atoms with van der Waals surface area (Å²) in [6.07, 6.45) is 2.49. The molecule has 0 saturated carbocycles. The molecule has 0 atom stereocenters. The summed E-state index contributed by atoms with van der Waals surface area (Å²) in [4.78, 5) is 26.5. The highest BCUT2D eigenvalue weighted by molar-refractivity contribution is 7.99. The molecule has 2 heterocycles. The minimum atomic E-state index is -0.281. The van der Waals surface area contributed by atoms with Gasteiger partial charge in [-0.15, -0.1) is 0 Å². The lowest BCUT2D eigenvalue weighted by Gasteiger charge is -2.09. The molecule has 106 valence electrons. The molecule has 4 N–H and O–H groups in total. The van der Waals surface area contributed by atoms with Crippen molar-refractivity contribution in [2.45, 2.75) is 30.5 Å². The fourth-order valence-electron chi connectivity index (χ4n) is 1.55. The molecule has 0 amide bonds. The number of aromatic nitrogens is 4. The summed E-state index contributed by atoms with van der Waals surface area (Å²) >= 11 is 1.25. The van der Waals surface area contributed by atoms with Gasteiger partial charge in [0.05, 0.1) is 0 Å². The molecule has 0 unspecified atom stereocenters. The largest absolute Gasteiger partial charge is 0.383 e. The van der Waals surface area contributed by atoms with E-state index in [1.807, 2.05) is 6.92 Å². The quantitative estimate of drug-likeness (QED) is 0.564. The van der Waals surface area contributed by atoms with E-state index in [-0.39, 0.29) is 11.4 Å². The molecule has 0 radical (unpaired) electrons. The third-order valence-electron chi connectivity index (χ3n) is 2.51. The second-order valence-corrected chi connectivity index (χ2v) is 5.13. The van der Waals surface area contributed by atoms with Crippen LogP contribution in [0, 0.1) is 6.92 Å². The molecule has 0 spiro atoms. The monoisotopic (exact) mass is 292 g/mol. The van der Waals surface area contributed by atoms with Gasteiger partial charge in [0.15, 0.2) is 5.16 Å². The number of rotatable bonds is 5. The maximum Gasteiger partial charge on any atom is 0.253 e. The van der Waals surface area contributed by atoms with Crippen molar-refractivity contribution in [1.29, 1.82) is 0 Å². The van der Waals surface area contributed by atoms with E-state index in [0.717, 1.165) is 29.4 Å². The van der Waals surface area contributed by atoms with Crippen LogP contribution in [0.5, 0.6) is 0 Å². The van der Waals surface area contributed by atoms with Crippen LogP contribution in [-0.2, 0) is 0 Å². The molecule has 7 nitrogen and oxygen atoms in total. The van der Waals surface area contributed by atoms with Crippen LogP contribution in [0.2, 0.25) is 0 Å². The average molecular weight is 292 g/mol. The highest BCUT2D eigenvalue weighted by Gasteiger charge is 2.10. The summed E-state index contributed by atoms with van der Waals surface area (Å²) in [5.41, 5.74) is 6.19. The summed E-state index contributed by atoms with van der Waals surface area (Å²) < 4.78 is 0. The van der Waals surface area contributed by atoms with Crippen LogP contribution in [-0.4, -0.2) is 26.5 Å². The predicted molar refractivity (Wildman–Crippen MR) is 78.9 cm³/mol. The van der Waals surface area contributed by atoms with Crippen LogP contribution < -0.4 is 16.6 Å². The van der Waals surface area contributed by atoms with E-state index in [9.17, 15) is 4.79 Å². The lowest BCUT2D eigenvalue weighted by Crippen LogP contribution is -2.10. The second-order valence-electron chi connectivity index (χ2n) is 4.16. The van der Waals surface area contributed by atoms with Gasteiger partial charge in [0, 0.05) is 18.2 Å². The number of nitrogens with zero attached hydrogens (tertiary/aromatic N) is 3. The molecule has 8 heteroatoms. The summed E-state index contributed by atoms with van der Waals surface area (Å²) in [6, 6.07) is 1.24. The minimum Gasteiger partial charge on any atom is -0.383 e.